The molecule has 0 bridgehead atoms. The molecule has 3 amide bonds. The van der Waals surface area contributed by atoms with Crippen molar-refractivity contribution >= 4 is 29.7 Å². The van der Waals surface area contributed by atoms with E-state index in [0.29, 0.717) is 0 Å². The first kappa shape index (κ1) is 39.3. The van der Waals surface area contributed by atoms with Crippen LogP contribution in [0.1, 0.15) is 84.9 Å². The average Bonchev–Trinajstić information content (AvgIpc) is 2.90. The summed E-state index contributed by atoms with van der Waals surface area (Å²) in [7, 11) is 3.33. The van der Waals surface area contributed by atoms with Gasteiger partial charge in [0.05, 0.1) is 12.1 Å². The maximum Gasteiger partial charge on any atom is 0.326 e. The van der Waals surface area contributed by atoms with Gasteiger partial charge in [-0.2, -0.15) is 0 Å². The summed E-state index contributed by atoms with van der Waals surface area (Å²) in [5.74, 6) is -3.99. The largest absolute Gasteiger partial charge is 0.481 e. The van der Waals surface area contributed by atoms with Crippen LogP contribution in [0.3, 0.4) is 0 Å². The van der Waals surface area contributed by atoms with E-state index in [-0.39, 0.29) is 29.7 Å². The lowest BCUT2D eigenvalue weighted by Crippen LogP contribution is -2.61. The van der Waals surface area contributed by atoms with Crippen LogP contribution in [0.2, 0.25) is 0 Å². The van der Waals surface area contributed by atoms with E-state index in [1.807, 2.05) is 62.3 Å². The maximum atomic E-state index is 14.1. The van der Waals surface area contributed by atoms with Gasteiger partial charge in [-0.05, 0) is 51.1 Å². The number of carboxylic acid groups (broad SMARTS) is 2. The van der Waals surface area contributed by atoms with E-state index in [1.54, 1.807) is 20.2 Å². The van der Waals surface area contributed by atoms with E-state index < -0.39 is 59.3 Å². The van der Waals surface area contributed by atoms with Crippen LogP contribution in [0, 0.1) is 25.2 Å². The van der Waals surface area contributed by atoms with Gasteiger partial charge in [-0.25, -0.2) is 4.79 Å². The third-order valence-corrected chi connectivity index (χ3v) is 8.14. The lowest BCUT2D eigenvalue weighted by molar-refractivity contribution is -0.142. The van der Waals surface area contributed by atoms with E-state index >= 15 is 0 Å². The third-order valence-electron chi connectivity index (χ3n) is 8.14. The second-order valence-corrected chi connectivity index (χ2v) is 14.0. The van der Waals surface area contributed by atoms with Crippen molar-refractivity contribution < 1.29 is 34.2 Å². The van der Waals surface area contributed by atoms with E-state index in [0.717, 1.165) is 16.7 Å². The highest BCUT2D eigenvalue weighted by atomic mass is 16.4. The molecule has 4 atom stereocenters. The monoisotopic (exact) mass is 630 g/mol. The first-order valence-electron chi connectivity index (χ1n) is 15.3. The molecular formula is C34H54N4O7. The fourth-order valence-corrected chi connectivity index (χ4v) is 5.44. The molecule has 1 aromatic carbocycles. The molecule has 0 aromatic heterocycles. The molecule has 0 heterocycles. The minimum Gasteiger partial charge on any atom is -0.481 e. The standard InChI is InChI=1S/C34H54N4O7/c1-19(2)25(18-22(5)29(41)36-24(32(44)45)13-14-26(39)40)38(12)31(43)28(33(6,7)8)37-30(42)27(35-11)34(9,10)23-16-20(3)15-21(4)17-23/h15-19,24-25,27-28,35H,13-14H2,1-12H3,(H,36,41)(H,37,42)(H,39,40)(H,44,45)/b22-18+/t24-,25-,27-,28-/m1/s1. The highest BCUT2D eigenvalue weighted by Crippen LogP contribution is 2.30. The first-order valence-corrected chi connectivity index (χ1v) is 15.3. The van der Waals surface area contributed by atoms with Gasteiger partial charge < -0.3 is 31.1 Å². The normalized spacial score (nSPS) is 15.1. The summed E-state index contributed by atoms with van der Waals surface area (Å²) in [5.41, 5.74) is 2.08. The Labute approximate surface area is 268 Å². The molecule has 1 aromatic rings. The number of rotatable bonds is 15. The number of likely N-dealkylation sites (N-methyl/N-ethyl adjacent to an activating group) is 2. The van der Waals surface area contributed by atoms with Crippen LogP contribution in [0.5, 0.6) is 0 Å². The number of amides is 3. The average molecular weight is 631 g/mol. The summed E-state index contributed by atoms with van der Waals surface area (Å²) in [4.78, 5) is 64.8. The molecule has 11 nitrogen and oxygen atoms in total. The van der Waals surface area contributed by atoms with Gasteiger partial charge in [0.15, 0.2) is 0 Å². The lowest BCUT2D eigenvalue weighted by Gasteiger charge is -2.40. The van der Waals surface area contributed by atoms with Crippen molar-refractivity contribution in [1.29, 1.82) is 0 Å². The molecule has 0 unspecified atom stereocenters. The molecule has 0 spiro atoms. The predicted octanol–water partition coefficient (Wildman–Crippen LogP) is 3.56. The van der Waals surface area contributed by atoms with E-state index in [4.69, 9.17) is 5.11 Å². The van der Waals surface area contributed by atoms with Gasteiger partial charge >= 0.3 is 11.9 Å². The number of hydrogen-bond donors (Lipinski definition) is 5. The number of benzene rings is 1. The number of aryl methyl sites for hydroxylation is 2. The van der Waals surface area contributed by atoms with Crippen LogP contribution < -0.4 is 16.0 Å². The summed E-state index contributed by atoms with van der Waals surface area (Å²) >= 11 is 0. The Morgan fingerprint density at radius 1 is 0.911 bits per heavy atom. The highest BCUT2D eigenvalue weighted by molar-refractivity contribution is 5.96. The highest BCUT2D eigenvalue weighted by Gasteiger charge is 2.41. The van der Waals surface area contributed by atoms with Crippen molar-refractivity contribution in [2.75, 3.05) is 14.1 Å². The van der Waals surface area contributed by atoms with Gasteiger partial charge in [-0.15, -0.1) is 0 Å². The van der Waals surface area contributed by atoms with Crippen molar-refractivity contribution in [3.05, 3.63) is 46.5 Å². The third kappa shape index (κ3) is 11.0. The molecule has 0 fully saturated rings. The number of nitrogens with zero attached hydrogens (tertiary/aromatic N) is 1. The Balaban J connectivity index is 3.33. The molecule has 0 aliphatic carbocycles. The molecule has 252 valence electrons. The topological polar surface area (TPSA) is 165 Å². The molecular weight excluding hydrogens is 576 g/mol. The summed E-state index contributed by atoms with van der Waals surface area (Å²) in [6.07, 6.45) is 0.910. The lowest BCUT2D eigenvalue weighted by atomic mass is 9.76. The predicted molar refractivity (Wildman–Crippen MR) is 175 cm³/mol. The SMILES string of the molecule is CN[C@H](C(=O)N[C@H](C(=O)N(C)[C@H](/C=C(\C)C(=O)N[C@H](CCC(=O)O)C(=O)O)C(C)C)C(C)(C)C)C(C)(C)c1cc(C)cc(C)c1. The molecule has 0 saturated carbocycles. The minimum absolute atomic E-state index is 0.145. The second kappa shape index (κ2) is 16.0. The van der Waals surface area contributed by atoms with Gasteiger partial charge in [-0.1, -0.05) is 83.9 Å². The van der Waals surface area contributed by atoms with Crippen molar-refractivity contribution in [2.24, 2.45) is 11.3 Å². The fraction of sp³-hybridized carbons (Fsp3) is 0.618. The van der Waals surface area contributed by atoms with Crippen LogP contribution in [0.15, 0.2) is 29.8 Å². The minimum atomic E-state index is -1.37. The summed E-state index contributed by atoms with van der Waals surface area (Å²) in [6.45, 7) is 18.9. The first-order chi connectivity index (χ1) is 20.5. The number of hydrogen-bond acceptors (Lipinski definition) is 6. The smallest absolute Gasteiger partial charge is 0.326 e. The van der Waals surface area contributed by atoms with Gasteiger partial charge in [0.1, 0.15) is 12.1 Å². The van der Waals surface area contributed by atoms with Crippen LogP contribution >= 0.6 is 0 Å². The van der Waals surface area contributed by atoms with E-state index in [9.17, 15) is 29.1 Å². The van der Waals surface area contributed by atoms with Crippen molar-refractivity contribution in [2.45, 2.75) is 112 Å². The summed E-state index contributed by atoms with van der Waals surface area (Å²) in [6, 6.07) is 2.70. The van der Waals surface area contributed by atoms with E-state index in [2.05, 4.69) is 34.1 Å². The quantitative estimate of drug-likeness (QED) is 0.184. The Hall–Kier alpha value is -3.73. The molecule has 1 rings (SSSR count). The second-order valence-electron chi connectivity index (χ2n) is 14.0. The molecule has 0 radical (unpaired) electrons. The molecule has 11 heteroatoms. The zero-order valence-corrected chi connectivity index (χ0v) is 29.0. The molecule has 0 aliphatic rings. The zero-order chi connectivity index (χ0) is 35.0. The molecule has 45 heavy (non-hydrogen) atoms. The number of carbonyl (C=O) groups is 5. The van der Waals surface area contributed by atoms with Gasteiger partial charge in [0.2, 0.25) is 17.7 Å². The zero-order valence-electron chi connectivity index (χ0n) is 29.0. The summed E-state index contributed by atoms with van der Waals surface area (Å²) in [5, 5.41) is 26.9. The fourth-order valence-electron chi connectivity index (χ4n) is 5.44. The number of carbonyl (C=O) groups excluding carboxylic acids is 3. The number of aliphatic carboxylic acids is 2. The number of nitrogens with one attached hydrogen (secondary N) is 3. The molecule has 0 aliphatic heterocycles. The summed E-state index contributed by atoms with van der Waals surface area (Å²) < 4.78 is 0. The van der Waals surface area contributed by atoms with Crippen molar-refractivity contribution in [3.8, 4) is 0 Å². The maximum absolute atomic E-state index is 14.1. The van der Waals surface area contributed by atoms with Crippen LogP contribution in [-0.2, 0) is 29.4 Å². The van der Waals surface area contributed by atoms with E-state index in [1.165, 1.54) is 11.8 Å². The number of carboxylic acids is 2. The van der Waals surface area contributed by atoms with Gasteiger partial charge in [0, 0.05) is 24.5 Å². The Bertz CT molecular complexity index is 1260. The van der Waals surface area contributed by atoms with Crippen LogP contribution in [0.4, 0.5) is 0 Å². The van der Waals surface area contributed by atoms with Gasteiger partial charge in [-0.3, -0.25) is 19.2 Å². The van der Waals surface area contributed by atoms with Crippen molar-refractivity contribution in [3.63, 3.8) is 0 Å². The van der Waals surface area contributed by atoms with Gasteiger partial charge in [0.25, 0.3) is 0 Å². The van der Waals surface area contributed by atoms with Crippen LogP contribution in [0.25, 0.3) is 0 Å². The van der Waals surface area contributed by atoms with Crippen LogP contribution in [-0.4, -0.2) is 83.0 Å². The molecule has 5 N–H and O–H groups in total. The Kier molecular flexibility index (Phi) is 14.0. The Morgan fingerprint density at radius 3 is 1.87 bits per heavy atom. The Morgan fingerprint density at radius 2 is 1.44 bits per heavy atom. The van der Waals surface area contributed by atoms with Crippen molar-refractivity contribution in [1.82, 2.24) is 20.9 Å². The molecule has 0 saturated heterocycles.